The second kappa shape index (κ2) is 7.18. The van der Waals surface area contributed by atoms with Crippen LogP contribution in [0.4, 0.5) is 0 Å². The highest BCUT2D eigenvalue weighted by atomic mass is 32.1. The third-order valence-corrected chi connectivity index (χ3v) is 4.11. The summed E-state index contributed by atoms with van der Waals surface area (Å²) in [5, 5.41) is 1.95. The second-order valence-corrected chi connectivity index (χ2v) is 5.71. The van der Waals surface area contributed by atoms with Crippen molar-refractivity contribution in [2.24, 2.45) is 0 Å². The van der Waals surface area contributed by atoms with E-state index in [-0.39, 0.29) is 6.61 Å². The van der Waals surface area contributed by atoms with Gasteiger partial charge in [-0.25, -0.2) is 9.78 Å². The van der Waals surface area contributed by atoms with Gasteiger partial charge in [0.2, 0.25) is 5.89 Å². The van der Waals surface area contributed by atoms with E-state index >= 15 is 0 Å². The molecule has 7 heteroatoms. The van der Waals surface area contributed by atoms with Crippen LogP contribution in [0.2, 0.25) is 0 Å². The fourth-order valence-electron chi connectivity index (χ4n) is 2.07. The molecule has 0 fully saturated rings. The van der Waals surface area contributed by atoms with E-state index in [0.717, 1.165) is 4.88 Å². The van der Waals surface area contributed by atoms with Crippen LogP contribution in [0.3, 0.4) is 0 Å². The summed E-state index contributed by atoms with van der Waals surface area (Å²) in [5.74, 6) is 1.01. The Balaban J connectivity index is 1.77. The van der Waals surface area contributed by atoms with E-state index in [1.54, 1.807) is 36.6 Å². The molecule has 1 aromatic carbocycles. The number of carbonyl (C=O) groups is 1. The average molecular weight is 345 g/mol. The fraction of sp³-hybridized carbons (Fsp3) is 0.176. The van der Waals surface area contributed by atoms with Crippen molar-refractivity contribution in [1.82, 2.24) is 4.98 Å². The molecule has 3 aromatic rings. The number of esters is 1. The summed E-state index contributed by atoms with van der Waals surface area (Å²) in [6.07, 6.45) is 1.53. The summed E-state index contributed by atoms with van der Waals surface area (Å²) in [6.45, 7) is 0.159. The molecular formula is C17H15NO5S. The molecule has 0 bridgehead atoms. The lowest BCUT2D eigenvalue weighted by Gasteiger charge is -2.10. The van der Waals surface area contributed by atoms with E-state index in [4.69, 9.17) is 18.6 Å². The van der Waals surface area contributed by atoms with Crippen LogP contribution in [0.5, 0.6) is 11.5 Å². The van der Waals surface area contributed by atoms with Crippen LogP contribution in [0.15, 0.2) is 46.4 Å². The summed E-state index contributed by atoms with van der Waals surface area (Å²) in [4.78, 5) is 17.1. The quantitative estimate of drug-likeness (QED) is 0.633. The first-order valence-electron chi connectivity index (χ1n) is 7.08. The van der Waals surface area contributed by atoms with Crippen molar-refractivity contribution >= 4 is 17.3 Å². The summed E-state index contributed by atoms with van der Waals surface area (Å²) in [7, 11) is 2.86. The largest absolute Gasteiger partial charge is 0.497 e. The Kier molecular flexibility index (Phi) is 4.81. The highest BCUT2D eigenvalue weighted by Gasteiger charge is 2.15. The van der Waals surface area contributed by atoms with Crippen molar-refractivity contribution in [3.63, 3.8) is 0 Å². The minimum atomic E-state index is -0.480. The highest BCUT2D eigenvalue weighted by molar-refractivity contribution is 7.13. The number of rotatable bonds is 6. The molecule has 2 aromatic heterocycles. The van der Waals surface area contributed by atoms with E-state index in [2.05, 4.69) is 4.98 Å². The van der Waals surface area contributed by atoms with Gasteiger partial charge in [-0.15, -0.1) is 11.3 Å². The van der Waals surface area contributed by atoms with Gasteiger partial charge in [-0.2, -0.15) is 0 Å². The molecule has 0 spiro atoms. The Morgan fingerprint density at radius 1 is 1.29 bits per heavy atom. The van der Waals surface area contributed by atoms with Crippen molar-refractivity contribution in [1.29, 1.82) is 0 Å². The van der Waals surface area contributed by atoms with Gasteiger partial charge in [0.25, 0.3) is 0 Å². The molecule has 0 aliphatic rings. The molecule has 0 radical (unpaired) electrons. The lowest BCUT2D eigenvalue weighted by molar-refractivity contribution is 0.0595. The van der Waals surface area contributed by atoms with Crippen LogP contribution >= 0.6 is 11.3 Å². The minimum Gasteiger partial charge on any atom is -0.497 e. The summed E-state index contributed by atoms with van der Waals surface area (Å²) >= 11 is 1.54. The van der Waals surface area contributed by atoms with Gasteiger partial charge in [-0.05, 0) is 23.6 Å². The number of nitrogens with zero attached hydrogens (tertiary/aromatic N) is 1. The second-order valence-electron chi connectivity index (χ2n) is 4.76. The Labute approximate surface area is 142 Å². The van der Waals surface area contributed by atoms with E-state index in [0.29, 0.717) is 28.6 Å². The van der Waals surface area contributed by atoms with Crippen LogP contribution in [0.25, 0.3) is 10.8 Å². The van der Waals surface area contributed by atoms with Gasteiger partial charge < -0.3 is 18.6 Å². The molecular weight excluding hydrogens is 330 g/mol. The van der Waals surface area contributed by atoms with E-state index in [9.17, 15) is 4.79 Å². The Morgan fingerprint density at radius 3 is 2.88 bits per heavy atom. The summed E-state index contributed by atoms with van der Waals surface area (Å²) < 4.78 is 21.1. The number of aromatic nitrogens is 1. The lowest BCUT2D eigenvalue weighted by atomic mass is 10.2. The van der Waals surface area contributed by atoms with E-state index in [1.165, 1.54) is 13.4 Å². The van der Waals surface area contributed by atoms with E-state index in [1.807, 2.05) is 17.5 Å². The van der Waals surface area contributed by atoms with Crippen LogP contribution in [0.1, 0.15) is 16.1 Å². The number of hydrogen-bond donors (Lipinski definition) is 0. The number of thiophene rings is 1. The van der Waals surface area contributed by atoms with Gasteiger partial charge in [0.15, 0.2) is 0 Å². The van der Waals surface area contributed by atoms with Crippen molar-refractivity contribution in [2.45, 2.75) is 6.61 Å². The molecule has 0 atom stereocenters. The predicted molar refractivity (Wildman–Crippen MR) is 88.5 cm³/mol. The highest BCUT2D eigenvalue weighted by Crippen LogP contribution is 2.27. The topological polar surface area (TPSA) is 70.8 Å². The van der Waals surface area contributed by atoms with Gasteiger partial charge in [-0.3, -0.25) is 0 Å². The molecule has 3 rings (SSSR count). The van der Waals surface area contributed by atoms with Crippen molar-refractivity contribution in [3.8, 4) is 22.3 Å². The van der Waals surface area contributed by atoms with Crippen LogP contribution in [-0.4, -0.2) is 25.2 Å². The number of carbonyl (C=O) groups excluding carboxylic acids is 1. The lowest BCUT2D eigenvalue weighted by Crippen LogP contribution is -2.06. The van der Waals surface area contributed by atoms with Crippen molar-refractivity contribution < 1.29 is 23.4 Å². The number of benzene rings is 1. The van der Waals surface area contributed by atoms with Gasteiger partial charge in [0, 0.05) is 6.07 Å². The Hall–Kier alpha value is -2.80. The maximum atomic E-state index is 11.8. The third kappa shape index (κ3) is 3.41. The van der Waals surface area contributed by atoms with E-state index < -0.39 is 5.97 Å². The zero-order valence-electron chi connectivity index (χ0n) is 13.1. The van der Waals surface area contributed by atoms with Crippen molar-refractivity contribution in [2.75, 3.05) is 14.2 Å². The standard InChI is InChI=1S/C17H15NO5S/c1-20-12-5-6-13(17(19)21-2)14(8-12)22-9-11-10-23-16(18-11)15-4-3-7-24-15/h3-8,10H,9H2,1-2H3. The maximum Gasteiger partial charge on any atom is 0.341 e. The Morgan fingerprint density at radius 2 is 2.17 bits per heavy atom. The molecule has 24 heavy (non-hydrogen) atoms. The van der Waals surface area contributed by atoms with Crippen LogP contribution in [0, 0.1) is 0 Å². The number of hydrogen-bond acceptors (Lipinski definition) is 7. The predicted octanol–water partition coefficient (Wildman–Crippen LogP) is 3.78. The molecule has 124 valence electrons. The smallest absolute Gasteiger partial charge is 0.341 e. The first-order chi connectivity index (χ1) is 11.7. The molecule has 0 amide bonds. The van der Waals surface area contributed by atoms with Crippen LogP contribution in [-0.2, 0) is 11.3 Å². The molecule has 0 N–H and O–H groups in total. The first-order valence-corrected chi connectivity index (χ1v) is 7.96. The maximum absolute atomic E-state index is 11.8. The summed E-state index contributed by atoms with van der Waals surface area (Å²) in [5.41, 5.74) is 0.942. The SMILES string of the molecule is COC(=O)c1ccc(OC)cc1OCc1coc(-c2cccs2)n1. The monoisotopic (exact) mass is 345 g/mol. The molecule has 2 heterocycles. The van der Waals surface area contributed by atoms with Gasteiger partial charge >= 0.3 is 5.97 Å². The molecule has 0 saturated heterocycles. The molecule has 0 aliphatic carbocycles. The number of oxazole rings is 1. The molecule has 6 nitrogen and oxygen atoms in total. The third-order valence-electron chi connectivity index (χ3n) is 3.25. The summed E-state index contributed by atoms with van der Waals surface area (Å²) in [6, 6.07) is 8.76. The number of methoxy groups -OCH3 is 2. The number of ether oxygens (including phenoxy) is 3. The first kappa shape index (κ1) is 16.1. The molecule has 0 unspecified atom stereocenters. The molecule has 0 saturated carbocycles. The zero-order valence-corrected chi connectivity index (χ0v) is 14.0. The Bertz CT molecular complexity index is 825. The fourth-order valence-corrected chi connectivity index (χ4v) is 2.72. The zero-order chi connectivity index (χ0) is 16.9. The minimum absolute atomic E-state index is 0.159. The van der Waals surface area contributed by atoms with Gasteiger partial charge in [0.05, 0.1) is 19.1 Å². The van der Waals surface area contributed by atoms with Gasteiger partial charge in [-0.1, -0.05) is 6.07 Å². The average Bonchev–Trinajstić information content (AvgIpc) is 3.30. The van der Waals surface area contributed by atoms with Crippen molar-refractivity contribution in [3.05, 3.63) is 53.2 Å². The molecule has 0 aliphatic heterocycles. The normalized spacial score (nSPS) is 10.4. The van der Waals surface area contributed by atoms with Crippen LogP contribution < -0.4 is 9.47 Å². The van der Waals surface area contributed by atoms with Gasteiger partial charge in [0.1, 0.15) is 35.6 Å².